The fourth-order valence-electron chi connectivity index (χ4n) is 5.14. The predicted molar refractivity (Wildman–Crippen MR) is 132 cm³/mol. The van der Waals surface area contributed by atoms with Crippen LogP contribution in [0.5, 0.6) is 0 Å². The highest BCUT2D eigenvalue weighted by Gasteiger charge is 2.63. The van der Waals surface area contributed by atoms with Crippen LogP contribution in [0.25, 0.3) is 0 Å². The number of hydrogen-bond donors (Lipinski definition) is 10. The molecule has 0 bridgehead atoms. The molecule has 41 heavy (non-hydrogen) atoms. The van der Waals surface area contributed by atoms with Gasteiger partial charge in [0, 0.05) is 19.3 Å². The molecule has 2 aliphatic rings. The third-order valence-corrected chi connectivity index (χ3v) is 7.29. The van der Waals surface area contributed by atoms with Gasteiger partial charge in [-0.15, -0.1) is 0 Å². The second-order valence-electron chi connectivity index (χ2n) is 10.0. The number of aliphatic hydroxyl groups is 8. The molecule has 11 unspecified atom stereocenters. The standard InChI is InChI=1S/C25H35NO15/c1-10(29)26-16-12(30)7-25(24(37)38,41-20(16)17(32)13(31)8-27)21(35)15-18(33)14(9-28)39-23(19(15)34)40-22(36)11-5-3-2-4-6-11/h2-6,12-21,23,27-28,30-35H,7-9H2,1H3,(H,26,29)(H,37,38)/t12?,13?,14?,15?,16?,17?,18?,19?,20?,21-,23?,25?/m0/s1. The van der Waals surface area contributed by atoms with Crippen LogP contribution in [-0.4, -0.2) is 144 Å². The molecule has 1 aromatic carbocycles. The van der Waals surface area contributed by atoms with Crippen molar-refractivity contribution in [1.82, 2.24) is 5.32 Å². The highest BCUT2D eigenvalue weighted by Crippen LogP contribution is 2.41. The number of carboxylic acids is 1. The molecule has 0 aliphatic carbocycles. The first-order valence-corrected chi connectivity index (χ1v) is 12.7. The first-order chi connectivity index (χ1) is 19.3. The van der Waals surface area contributed by atoms with Gasteiger partial charge in [-0.3, -0.25) is 4.79 Å². The maximum absolute atomic E-state index is 12.6. The Morgan fingerprint density at radius 2 is 1.71 bits per heavy atom. The molecule has 2 fully saturated rings. The van der Waals surface area contributed by atoms with Crippen molar-refractivity contribution in [2.24, 2.45) is 5.92 Å². The Balaban J connectivity index is 2.00. The summed E-state index contributed by atoms with van der Waals surface area (Å²) in [7, 11) is 0. The first kappa shape index (κ1) is 32.7. The van der Waals surface area contributed by atoms with Crippen LogP contribution in [0.15, 0.2) is 30.3 Å². The van der Waals surface area contributed by atoms with Gasteiger partial charge in [0.1, 0.15) is 36.6 Å². The van der Waals surface area contributed by atoms with Crippen LogP contribution >= 0.6 is 0 Å². The van der Waals surface area contributed by atoms with Gasteiger partial charge < -0.3 is 65.5 Å². The molecule has 12 atom stereocenters. The van der Waals surface area contributed by atoms with E-state index >= 15 is 0 Å². The minimum atomic E-state index is -2.92. The average molecular weight is 590 g/mol. The molecule has 2 saturated heterocycles. The summed E-state index contributed by atoms with van der Waals surface area (Å²) in [4.78, 5) is 37.0. The molecule has 0 aromatic heterocycles. The Morgan fingerprint density at radius 3 is 2.24 bits per heavy atom. The van der Waals surface area contributed by atoms with Crippen molar-refractivity contribution >= 4 is 17.8 Å². The maximum Gasteiger partial charge on any atom is 0.340 e. The van der Waals surface area contributed by atoms with Crippen molar-refractivity contribution in [1.29, 1.82) is 0 Å². The van der Waals surface area contributed by atoms with Gasteiger partial charge in [-0.2, -0.15) is 0 Å². The SMILES string of the molecule is CC(=O)NC1C(O)CC(C(=O)O)([C@@H](O)C2C(O)C(CO)OC(OC(=O)c3ccccc3)C2O)OC1C(O)C(O)CO. The summed E-state index contributed by atoms with van der Waals surface area (Å²) >= 11 is 0. The maximum atomic E-state index is 12.6. The first-order valence-electron chi connectivity index (χ1n) is 12.7. The number of aliphatic hydroxyl groups excluding tert-OH is 8. The number of carbonyl (C=O) groups is 3. The topological polar surface area (TPSA) is 273 Å². The van der Waals surface area contributed by atoms with E-state index < -0.39 is 110 Å². The van der Waals surface area contributed by atoms with E-state index in [9.17, 15) is 60.3 Å². The van der Waals surface area contributed by atoms with Crippen LogP contribution in [0.3, 0.4) is 0 Å². The number of rotatable bonds is 10. The number of carbonyl (C=O) groups excluding carboxylic acids is 2. The van der Waals surface area contributed by atoms with Crippen LogP contribution in [0, 0.1) is 5.92 Å². The zero-order chi connectivity index (χ0) is 30.6. The lowest BCUT2D eigenvalue weighted by atomic mass is 9.72. The van der Waals surface area contributed by atoms with Crippen LogP contribution < -0.4 is 5.32 Å². The summed E-state index contributed by atoms with van der Waals surface area (Å²) in [5.41, 5.74) is -2.89. The predicted octanol–water partition coefficient (Wildman–Crippen LogP) is -4.55. The Bertz CT molecular complexity index is 1060. The summed E-state index contributed by atoms with van der Waals surface area (Å²) in [6.07, 6.45) is -18.9. The molecule has 2 aliphatic heterocycles. The van der Waals surface area contributed by atoms with Crippen molar-refractivity contribution in [3.8, 4) is 0 Å². The molecule has 1 amide bonds. The summed E-state index contributed by atoms with van der Waals surface area (Å²) in [6.45, 7) is -0.904. The van der Waals surface area contributed by atoms with Crippen molar-refractivity contribution in [2.45, 2.75) is 80.1 Å². The Hall–Kier alpha value is -2.77. The second kappa shape index (κ2) is 13.5. The summed E-state index contributed by atoms with van der Waals surface area (Å²) < 4.78 is 16.1. The summed E-state index contributed by atoms with van der Waals surface area (Å²) in [5, 5.41) is 96.4. The van der Waals surface area contributed by atoms with Crippen molar-refractivity contribution < 1.29 is 74.6 Å². The molecular weight excluding hydrogens is 554 g/mol. The van der Waals surface area contributed by atoms with E-state index in [1.165, 1.54) is 24.3 Å². The molecule has 3 rings (SSSR count). The normalized spacial score (nSPS) is 36.0. The van der Waals surface area contributed by atoms with Gasteiger partial charge in [0.15, 0.2) is 5.60 Å². The summed E-state index contributed by atoms with van der Waals surface area (Å²) in [5.74, 6) is -5.63. The van der Waals surface area contributed by atoms with Crippen molar-refractivity contribution in [3.63, 3.8) is 0 Å². The second-order valence-corrected chi connectivity index (χ2v) is 10.0. The van der Waals surface area contributed by atoms with E-state index in [1.54, 1.807) is 6.07 Å². The number of nitrogens with one attached hydrogen (secondary N) is 1. The van der Waals surface area contributed by atoms with Gasteiger partial charge in [0.05, 0.1) is 37.0 Å². The number of hydrogen-bond acceptors (Lipinski definition) is 14. The lowest BCUT2D eigenvalue weighted by Gasteiger charge is -2.52. The minimum absolute atomic E-state index is 0.0381. The van der Waals surface area contributed by atoms with Gasteiger partial charge in [-0.05, 0) is 12.1 Å². The molecular formula is C25H35NO15. The van der Waals surface area contributed by atoms with Crippen LogP contribution in [0.1, 0.15) is 23.7 Å². The summed E-state index contributed by atoms with van der Waals surface area (Å²) in [6, 6.07) is 5.91. The quantitative estimate of drug-likeness (QED) is 0.115. The molecule has 1 aromatic rings. The van der Waals surface area contributed by atoms with Gasteiger partial charge in [-0.1, -0.05) is 18.2 Å². The number of esters is 1. The molecule has 16 nitrogen and oxygen atoms in total. The molecule has 16 heteroatoms. The zero-order valence-electron chi connectivity index (χ0n) is 21.8. The fraction of sp³-hybridized carbons (Fsp3) is 0.640. The van der Waals surface area contributed by atoms with Crippen LogP contribution in [0.4, 0.5) is 0 Å². The third kappa shape index (κ3) is 6.67. The van der Waals surface area contributed by atoms with Gasteiger partial charge >= 0.3 is 11.9 Å². The molecule has 2 heterocycles. The molecule has 0 spiro atoms. The lowest BCUT2D eigenvalue weighted by molar-refractivity contribution is -0.309. The van der Waals surface area contributed by atoms with Gasteiger partial charge in [-0.25, -0.2) is 9.59 Å². The Morgan fingerprint density at radius 1 is 1.07 bits per heavy atom. The van der Waals surface area contributed by atoms with E-state index in [0.29, 0.717) is 0 Å². The number of ether oxygens (including phenoxy) is 3. The van der Waals surface area contributed by atoms with E-state index in [-0.39, 0.29) is 5.56 Å². The highest BCUT2D eigenvalue weighted by atomic mass is 16.7. The number of amides is 1. The number of aliphatic carboxylic acids is 1. The minimum Gasteiger partial charge on any atom is -0.479 e. The smallest absolute Gasteiger partial charge is 0.340 e. The van der Waals surface area contributed by atoms with Crippen molar-refractivity contribution in [2.75, 3.05) is 13.2 Å². The third-order valence-electron chi connectivity index (χ3n) is 7.29. The van der Waals surface area contributed by atoms with Gasteiger partial charge in [0.25, 0.3) is 0 Å². The number of benzene rings is 1. The fourth-order valence-corrected chi connectivity index (χ4v) is 5.14. The van der Waals surface area contributed by atoms with E-state index in [4.69, 9.17) is 14.2 Å². The zero-order valence-corrected chi connectivity index (χ0v) is 21.8. The van der Waals surface area contributed by atoms with E-state index in [1.807, 2.05) is 0 Å². The van der Waals surface area contributed by atoms with E-state index in [2.05, 4.69) is 5.32 Å². The van der Waals surface area contributed by atoms with Crippen LogP contribution in [0.2, 0.25) is 0 Å². The van der Waals surface area contributed by atoms with E-state index in [0.717, 1.165) is 6.92 Å². The molecule has 0 radical (unpaired) electrons. The molecule has 0 saturated carbocycles. The van der Waals surface area contributed by atoms with Gasteiger partial charge in [0.2, 0.25) is 12.2 Å². The lowest BCUT2D eigenvalue weighted by Crippen LogP contribution is -2.73. The Kier molecular flexibility index (Phi) is 10.8. The number of carboxylic acid groups (broad SMARTS) is 1. The molecule has 10 N–H and O–H groups in total. The molecule has 230 valence electrons. The monoisotopic (exact) mass is 589 g/mol. The Labute approximate surface area is 233 Å². The van der Waals surface area contributed by atoms with Crippen molar-refractivity contribution in [3.05, 3.63) is 35.9 Å². The largest absolute Gasteiger partial charge is 0.479 e. The van der Waals surface area contributed by atoms with Crippen LogP contribution in [-0.2, 0) is 23.8 Å². The highest BCUT2D eigenvalue weighted by molar-refractivity contribution is 5.89. The average Bonchev–Trinajstić information content (AvgIpc) is 2.94.